The van der Waals surface area contributed by atoms with Crippen LogP contribution in [0.2, 0.25) is 0 Å². The van der Waals surface area contributed by atoms with E-state index < -0.39 is 0 Å². The molecule has 0 atom stereocenters. The van der Waals surface area contributed by atoms with E-state index in [2.05, 4.69) is 65.8 Å². The maximum Gasteiger partial charge on any atom is 0.134 e. The topological polar surface area (TPSA) is 18.5 Å². The Morgan fingerprint density at radius 1 is 0.423 bits per heavy atom. The van der Waals surface area contributed by atoms with Gasteiger partial charge >= 0.3 is 0 Å². The molecule has 0 fully saturated rings. The van der Waals surface area contributed by atoms with Gasteiger partial charge in [0.1, 0.15) is 23.0 Å². The smallest absolute Gasteiger partial charge is 0.134 e. The Morgan fingerprint density at radius 3 is 0.962 bits per heavy atom. The molecule has 0 unspecified atom stereocenters. The summed E-state index contributed by atoms with van der Waals surface area (Å²) in [6.45, 7) is 12.5. The molecule has 0 radical (unpaired) electrons. The van der Waals surface area contributed by atoms with Crippen LogP contribution >= 0.6 is 0 Å². The van der Waals surface area contributed by atoms with Crippen molar-refractivity contribution in [3.05, 3.63) is 81.9 Å². The quantitative estimate of drug-likeness (QED) is 0.500. The zero-order valence-electron chi connectivity index (χ0n) is 16.4. The van der Waals surface area contributed by atoms with Crippen molar-refractivity contribution in [2.75, 3.05) is 0 Å². The average molecular weight is 346 g/mol. The lowest BCUT2D eigenvalue weighted by Crippen LogP contribution is -2.01. The van der Waals surface area contributed by atoms with Gasteiger partial charge in [0.2, 0.25) is 0 Å². The van der Waals surface area contributed by atoms with Gasteiger partial charge in [0.05, 0.1) is 0 Å². The number of aryl methyl sites for hydroxylation is 2. The summed E-state index contributed by atoms with van der Waals surface area (Å²) in [5.41, 5.74) is 6.87. The van der Waals surface area contributed by atoms with Gasteiger partial charge in [-0.1, -0.05) is 35.4 Å². The summed E-state index contributed by atoms with van der Waals surface area (Å²) < 4.78 is 12.4. The second-order valence-corrected chi connectivity index (χ2v) is 6.99. The van der Waals surface area contributed by atoms with E-state index in [4.69, 9.17) is 9.47 Å². The van der Waals surface area contributed by atoms with Gasteiger partial charge in [-0.05, 0) is 88.1 Å². The fourth-order valence-electron chi connectivity index (χ4n) is 3.00. The molecule has 0 spiro atoms. The molecule has 0 aliphatic rings. The summed E-state index contributed by atoms with van der Waals surface area (Å²) in [5.74, 6) is 3.54. The summed E-state index contributed by atoms with van der Waals surface area (Å²) in [6.07, 6.45) is 0. The molecule has 0 saturated heterocycles. The van der Waals surface area contributed by atoms with Crippen molar-refractivity contribution >= 4 is 0 Å². The molecule has 2 heteroatoms. The van der Waals surface area contributed by atoms with Gasteiger partial charge in [0.25, 0.3) is 0 Å². The highest BCUT2D eigenvalue weighted by Crippen LogP contribution is 2.41. The molecule has 3 rings (SSSR count). The molecule has 0 aliphatic heterocycles. The third-order valence-electron chi connectivity index (χ3n) is 4.97. The third-order valence-corrected chi connectivity index (χ3v) is 4.97. The SMILES string of the molecule is Cc1ccc(Oc2c(C)c(C)c(Oc3ccc(C)cc3)c(C)c2C)cc1. The standard InChI is InChI=1S/C24H26O2/c1-15-7-11-21(12-8-15)25-23-17(3)19(5)24(20(6)18(23)4)26-22-13-9-16(2)10-14-22/h7-14H,1-6H3. The van der Waals surface area contributed by atoms with Crippen LogP contribution in [0.5, 0.6) is 23.0 Å². The molecule has 0 bridgehead atoms. The molecule has 0 heterocycles. The Morgan fingerprint density at radius 2 is 0.692 bits per heavy atom. The van der Waals surface area contributed by atoms with Crippen LogP contribution in [0.1, 0.15) is 33.4 Å². The van der Waals surface area contributed by atoms with Gasteiger partial charge in [-0.3, -0.25) is 0 Å². The van der Waals surface area contributed by atoms with E-state index >= 15 is 0 Å². The lowest BCUT2D eigenvalue weighted by molar-refractivity contribution is 0.456. The molecule has 0 N–H and O–H groups in total. The molecule has 26 heavy (non-hydrogen) atoms. The third kappa shape index (κ3) is 3.60. The summed E-state index contributed by atoms with van der Waals surface area (Å²) >= 11 is 0. The largest absolute Gasteiger partial charge is 0.457 e. The van der Waals surface area contributed by atoms with E-state index in [0.29, 0.717) is 0 Å². The Bertz CT molecular complexity index is 812. The van der Waals surface area contributed by atoms with Gasteiger partial charge in [0, 0.05) is 0 Å². The van der Waals surface area contributed by atoms with E-state index in [1.165, 1.54) is 11.1 Å². The van der Waals surface area contributed by atoms with E-state index in [9.17, 15) is 0 Å². The molecular formula is C24H26O2. The Balaban J connectivity index is 1.98. The van der Waals surface area contributed by atoms with E-state index in [0.717, 1.165) is 45.3 Å². The predicted molar refractivity (Wildman–Crippen MR) is 108 cm³/mol. The Hall–Kier alpha value is -2.74. The van der Waals surface area contributed by atoms with Crippen molar-refractivity contribution in [3.8, 4) is 23.0 Å². The minimum atomic E-state index is 0.854. The lowest BCUT2D eigenvalue weighted by Gasteiger charge is -2.21. The maximum atomic E-state index is 6.22. The first kappa shape index (κ1) is 18.1. The van der Waals surface area contributed by atoms with Crippen LogP contribution in [0.15, 0.2) is 48.5 Å². The lowest BCUT2D eigenvalue weighted by atomic mass is 9.98. The van der Waals surface area contributed by atoms with Gasteiger partial charge in [-0.15, -0.1) is 0 Å². The molecule has 134 valence electrons. The molecule has 0 amide bonds. The molecule has 0 saturated carbocycles. The first-order chi connectivity index (χ1) is 12.4. The average Bonchev–Trinajstić information content (AvgIpc) is 2.64. The van der Waals surface area contributed by atoms with E-state index in [1.54, 1.807) is 0 Å². The van der Waals surface area contributed by atoms with E-state index in [1.807, 2.05) is 24.3 Å². The maximum absolute atomic E-state index is 6.22. The zero-order valence-corrected chi connectivity index (χ0v) is 16.4. The monoisotopic (exact) mass is 346 g/mol. The summed E-state index contributed by atoms with van der Waals surface area (Å²) in [4.78, 5) is 0. The van der Waals surface area contributed by atoms with Crippen molar-refractivity contribution in [2.24, 2.45) is 0 Å². The van der Waals surface area contributed by atoms with Crippen LogP contribution in [0, 0.1) is 41.5 Å². The van der Waals surface area contributed by atoms with Crippen LogP contribution in [-0.2, 0) is 0 Å². The number of rotatable bonds is 4. The molecule has 2 nitrogen and oxygen atoms in total. The second-order valence-electron chi connectivity index (χ2n) is 6.99. The van der Waals surface area contributed by atoms with Crippen LogP contribution in [-0.4, -0.2) is 0 Å². The summed E-state index contributed by atoms with van der Waals surface area (Å²) in [6, 6.07) is 16.3. The van der Waals surface area contributed by atoms with Gasteiger partial charge < -0.3 is 9.47 Å². The minimum Gasteiger partial charge on any atom is -0.457 e. The number of benzene rings is 3. The molecule has 0 aliphatic carbocycles. The number of hydrogen-bond acceptors (Lipinski definition) is 2. The second kappa shape index (κ2) is 7.25. The van der Waals surface area contributed by atoms with Crippen molar-refractivity contribution in [3.63, 3.8) is 0 Å². The van der Waals surface area contributed by atoms with Crippen molar-refractivity contribution in [1.82, 2.24) is 0 Å². The van der Waals surface area contributed by atoms with Crippen LogP contribution < -0.4 is 9.47 Å². The van der Waals surface area contributed by atoms with Crippen LogP contribution in [0.3, 0.4) is 0 Å². The first-order valence-corrected chi connectivity index (χ1v) is 8.96. The Kier molecular flexibility index (Phi) is 5.03. The molecule has 0 aromatic heterocycles. The zero-order chi connectivity index (χ0) is 18.8. The highest BCUT2D eigenvalue weighted by atomic mass is 16.5. The summed E-state index contributed by atoms with van der Waals surface area (Å²) in [5, 5.41) is 0. The van der Waals surface area contributed by atoms with Crippen molar-refractivity contribution in [2.45, 2.75) is 41.5 Å². The van der Waals surface area contributed by atoms with Gasteiger partial charge in [0.15, 0.2) is 0 Å². The normalized spacial score (nSPS) is 10.7. The van der Waals surface area contributed by atoms with E-state index in [-0.39, 0.29) is 0 Å². The van der Waals surface area contributed by atoms with Crippen LogP contribution in [0.25, 0.3) is 0 Å². The van der Waals surface area contributed by atoms with Gasteiger partial charge in [-0.25, -0.2) is 0 Å². The highest BCUT2D eigenvalue weighted by molar-refractivity contribution is 5.59. The minimum absolute atomic E-state index is 0.854. The molecule has 3 aromatic carbocycles. The number of hydrogen-bond donors (Lipinski definition) is 0. The molecule has 3 aromatic rings. The highest BCUT2D eigenvalue weighted by Gasteiger charge is 2.18. The molecular weight excluding hydrogens is 320 g/mol. The van der Waals surface area contributed by atoms with Gasteiger partial charge in [-0.2, -0.15) is 0 Å². The fourth-order valence-corrected chi connectivity index (χ4v) is 3.00. The predicted octanol–water partition coefficient (Wildman–Crippen LogP) is 7.12. The van der Waals surface area contributed by atoms with Crippen molar-refractivity contribution < 1.29 is 9.47 Å². The fraction of sp³-hybridized carbons (Fsp3) is 0.250. The summed E-state index contributed by atoms with van der Waals surface area (Å²) in [7, 11) is 0. The Labute approximate surface area is 156 Å². The number of ether oxygens (including phenoxy) is 2. The van der Waals surface area contributed by atoms with Crippen LogP contribution in [0.4, 0.5) is 0 Å². The first-order valence-electron chi connectivity index (χ1n) is 8.96. The van der Waals surface area contributed by atoms with Crippen molar-refractivity contribution in [1.29, 1.82) is 0 Å².